The molecule has 2 aromatic heterocycles. The van der Waals surface area contributed by atoms with Gasteiger partial charge in [0.25, 0.3) is 21.6 Å². The molecular formula is C52H63ClN8O7S2. The van der Waals surface area contributed by atoms with Gasteiger partial charge in [0, 0.05) is 86.3 Å². The second-order valence-electron chi connectivity index (χ2n) is 20.5. The van der Waals surface area contributed by atoms with Crippen LogP contribution < -0.4 is 19.1 Å². The van der Waals surface area contributed by atoms with E-state index in [-0.39, 0.29) is 40.7 Å². The quantitative estimate of drug-likeness (QED) is 0.0616. The van der Waals surface area contributed by atoms with Crippen LogP contribution in [-0.2, 0) is 25.9 Å². The molecule has 9 rings (SSSR count). The SMILES string of the molecule is C=S(C)(C)=NC1CCN(CC[C@@H]2COc3cc(S(=O)(=O)NC(=O)c4ccc(N5CCN(CC6=C(c7ccc(Cl)cc7)CC(C)(C)CC6)CC5)cc4Oc4cnc5[nH]ccc5c4)cc([N+](=O)[O-])c3C2)CC1. The number of nitrogens with one attached hydrogen (secondary N) is 2. The highest BCUT2D eigenvalue weighted by atomic mass is 35.5. The van der Waals surface area contributed by atoms with Crippen molar-refractivity contribution in [2.24, 2.45) is 15.7 Å². The van der Waals surface area contributed by atoms with Crippen molar-refractivity contribution < 1.29 is 27.6 Å². The predicted molar refractivity (Wildman–Crippen MR) is 281 cm³/mol. The molecule has 3 aromatic carbocycles. The molecule has 18 heteroatoms. The van der Waals surface area contributed by atoms with E-state index in [9.17, 15) is 23.3 Å². The van der Waals surface area contributed by atoms with Gasteiger partial charge in [-0.25, -0.2) is 18.1 Å². The first-order valence-electron chi connectivity index (χ1n) is 24.1. The Morgan fingerprint density at radius 3 is 2.51 bits per heavy atom. The van der Waals surface area contributed by atoms with Crippen LogP contribution in [0.3, 0.4) is 0 Å². The number of aromatic nitrogens is 2. The van der Waals surface area contributed by atoms with Gasteiger partial charge in [-0.2, -0.15) is 0 Å². The fraction of sp³-hybridized carbons (Fsp3) is 0.442. The molecule has 3 aliphatic heterocycles. The summed E-state index contributed by atoms with van der Waals surface area (Å²) in [5.74, 6) is 3.85. The number of piperidine rings is 1. The number of hydrogen-bond donors (Lipinski definition) is 2. The molecule has 2 N–H and O–H groups in total. The fourth-order valence-corrected chi connectivity index (χ4v) is 12.4. The Hall–Kier alpha value is -5.46. The second-order valence-corrected chi connectivity index (χ2v) is 25.8. The van der Waals surface area contributed by atoms with Crippen LogP contribution in [0.1, 0.15) is 73.9 Å². The van der Waals surface area contributed by atoms with E-state index in [0.717, 1.165) is 113 Å². The first kappa shape index (κ1) is 49.5. The summed E-state index contributed by atoms with van der Waals surface area (Å²) in [6, 6.07) is 19.5. The molecule has 0 bridgehead atoms. The number of sulfonamides is 1. The molecule has 5 aromatic rings. The first-order chi connectivity index (χ1) is 33.3. The number of nitro benzene ring substituents is 1. The molecule has 1 aliphatic carbocycles. The maximum Gasteiger partial charge on any atom is 0.277 e. The van der Waals surface area contributed by atoms with E-state index < -0.39 is 35.2 Å². The summed E-state index contributed by atoms with van der Waals surface area (Å²) in [6.07, 6.45) is 13.8. The topological polar surface area (TPSA) is 176 Å². The monoisotopic (exact) mass is 1010 g/mol. The summed E-state index contributed by atoms with van der Waals surface area (Å²) in [6.45, 7) is 11.6. The molecule has 70 heavy (non-hydrogen) atoms. The smallest absolute Gasteiger partial charge is 0.277 e. The van der Waals surface area contributed by atoms with Gasteiger partial charge in [-0.3, -0.25) is 24.2 Å². The third-order valence-electron chi connectivity index (χ3n) is 14.0. The van der Waals surface area contributed by atoms with Gasteiger partial charge < -0.3 is 24.3 Å². The van der Waals surface area contributed by atoms with Crippen LogP contribution in [0, 0.1) is 21.4 Å². The fourth-order valence-electron chi connectivity index (χ4n) is 10.2. The van der Waals surface area contributed by atoms with E-state index >= 15 is 0 Å². The van der Waals surface area contributed by atoms with Gasteiger partial charge in [0.05, 0.1) is 39.8 Å². The van der Waals surface area contributed by atoms with Crippen molar-refractivity contribution >= 4 is 70.8 Å². The average Bonchev–Trinajstić information content (AvgIpc) is 3.79. The second kappa shape index (κ2) is 20.3. The Labute approximate surface area is 416 Å². The van der Waals surface area contributed by atoms with Crippen LogP contribution in [0.5, 0.6) is 17.2 Å². The summed E-state index contributed by atoms with van der Waals surface area (Å²) in [7, 11) is -5.80. The lowest BCUT2D eigenvalue weighted by Crippen LogP contribution is -2.47. The highest BCUT2D eigenvalue weighted by Crippen LogP contribution is 2.44. The van der Waals surface area contributed by atoms with Crippen LogP contribution in [0.15, 0.2) is 94.0 Å². The number of benzene rings is 3. The van der Waals surface area contributed by atoms with Crippen LogP contribution in [0.25, 0.3) is 16.6 Å². The van der Waals surface area contributed by atoms with Crippen LogP contribution >= 0.6 is 11.6 Å². The normalized spacial score (nSPS) is 19.4. The van der Waals surface area contributed by atoms with E-state index in [2.05, 4.69) is 73.8 Å². The molecule has 2 saturated heterocycles. The lowest BCUT2D eigenvalue weighted by molar-refractivity contribution is -0.386. The summed E-state index contributed by atoms with van der Waals surface area (Å²) >= 11 is 6.26. The molecule has 0 spiro atoms. The van der Waals surface area contributed by atoms with Crippen molar-refractivity contribution in [1.29, 1.82) is 0 Å². The number of aromatic amines is 1. The number of pyridine rings is 1. The van der Waals surface area contributed by atoms with E-state index in [1.54, 1.807) is 30.5 Å². The molecule has 0 saturated carbocycles. The Balaban J connectivity index is 0.899. The number of anilines is 1. The first-order valence-corrected chi connectivity index (χ1v) is 28.5. The average molecular weight is 1010 g/mol. The summed E-state index contributed by atoms with van der Waals surface area (Å²) in [5, 5.41) is 14.0. The van der Waals surface area contributed by atoms with Gasteiger partial charge in [0.15, 0.2) is 0 Å². The van der Waals surface area contributed by atoms with Crippen molar-refractivity contribution in [3.8, 4) is 17.2 Å². The number of ether oxygens (including phenoxy) is 2. The maximum atomic E-state index is 14.2. The molecule has 0 radical (unpaired) electrons. The van der Waals surface area contributed by atoms with Crippen molar-refractivity contribution in [3.05, 3.63) is 117 Å². The lowest BCUT2D eigenvalue weighted by atomic mass is 9.72. The van der Waals surface area contributed by atoms with Crippen LogP contribution in [-0.4, -0.2) is 122 Å². The number of allylic oxidation sites excluding steroid dienone is 1. The minimum atomic E-state index is -4.64. The van der Waals surface area contributed by atoms with Crippen molar-refractivity contribution in [2.45, 2.75) is 69.7 Å². The van der Waals surface area contributed by atoms with E-state index in [4.69, 9.17) is 25.4 Å². The predicted octanol–water partition coefficient (Wildman–Crippen LogP) is 9.26. The van der Waals surface area contributed by atoms with Crippen molar-refractivity contribution in [1.82, 2.24) is 24.5 Å². The molecule has 372 valence electrons. The zero-order chi connectivity index (χ0) is 49.4. The van der Waals surface area contributed by atoms with Gasteiger partial charge in [-0.1, -0.05) is 49.0 Å². The zero-order valence-electron chi connectivity index (χ0n) is 40.4. The number of amides is 1. The number of nitro groups is 1. The molecule has 2 fully saturated rings. The van der Waals surface area contributed by atoms with Crippen molar-refractivity contribution in [2.75, 3.05) is 76.4 Å². The number of H-pyrrole nitrogens is 1. The van der Waals surface area contributed by atoms with E-state index in [1.165, 1.54) is 29.0 Å². The Morgan fingerprint density at radius 1 is 1.03 bits per heavy atom. The number of hydrogen-bond acceptors (Lipinski definition) is 12. The Kier molecular flexibility index (Phi) is 14.4. The summed E-state index contributed by atoms with van der Waals surface area (Å²) in [5.41, 5.74) is 5.74. The van der Waals surface area contributed by atoms with Gasteiger partial charge >= 0.3 is 0 Å². The van der Waals surface area contributed by atoms with Crippen molar-refractivity contribution in [3.63, 3.8) is 0 Å². The number of rotatable bonds is 14. The molecule has 1 amide bonds. The number of carbonyl (C=O) groups excluding carboxylic acids is 1. The van der Waals surface area contributed by atoms with Crippen LogP contribution in [0.4, 0.5) is 11.4 Å². The number of piperazine rings is 1. The van der Waals surface area contributed by atoms with Gasteiger partial charge in [-0.05, 0) is 123 Å². The molecule has 0 unspecified atom stereocenters. The standard InChI is InChI=1S/C52H63ClN8O7S2/c1-52(2)17-12-38(46(31-52)36-6-8-39(53)9-7-36)33-59-22-24-60(25-23-59)41-10-11-44(49(28-41)68-42-27-37-13-18-54-50(37)55-32-42)51(62)57-70(65,66)43-29-47(61(63)64)45-26-35(34-67-48(45)30-43)14-19-58-20-15-40(16-21-58)56-69(3,4)5/h6-11,13,18,27-30,32,35,40H,3,12,14-17,19-26,31,33-34H2,1-2,4-5H3,(H,54,55)(H,57,62)/t35-/m0/s1. The van der Waals surface area contributed by atoms with Gasteiger partial charge in [0.1, 0.15) is 22.9 Å². The number of halogens is 1. The zero-order valence-corrected chi connectivity index (χ0v) is 42.8. The minimum Gasteiger partial charge on any atom is -0.493 e. The van der Waals surface area contributed by atoms with E-state index in [0.29, 0.717) is 29.4 Å². The number of likely N-dealkylation sites (tertiary alicyclic amines) is 1. The molecule has 4 aliphatic rings. The number of fused-ring (bicyclic) bond motifs is 2. The molecule has 5 heterocycles. The maximum absolute atomic E-state index is 14.2. The Morgan fingerprint density at radius 2 is 1.79 bits per heavy atom. The largest absolute Gasteiger partial charge is 0.493 e. The van der Waals surface area contributed by atoms with E-state index in [1.807, 2.05) is 18.2 Å². The highest BCUT2D eigenvalue weighted by Gasteiger charge is 2.34. The summed E-state index contributed by atoms with van der Waals surface area (Å²) in [4.78, 5) is 40.3. The molecular weight excluding hydrogens is 948 g/mol. The van der Waals surface area contributed by atoms with Gasteiger partial charge in [-0.15, -0.1) is 9.41 Å². The van der Waals surface area contributed by atoms with Gasteiger partial charge in [0.2, 0.25) is 0 Å². The third-order valence-corrected chi connectivity index (χ3v) is 16.5. The molecule has 1 atom stereocenters. The number of carbonyl (C=O) groups is 1. The lowest BCUT2D eigenvalue weighted by Gasteiger charge is -2.39. The third kappa shape index (κ3) is 11.8. The van der Waals surface area contributed by atoms with Crippen LogP contribution in [0.2, 0.25) is 5.02 Å². The minimum absolute atomic E-state index is 0.0124. The number of nitrogens with zero attached hydrogens (tertiary/aromatic N) is 6. The molecule has 15 nitrogen and oxygen atoms in total. The summed E-state index contributed by atoms with van der Waals surface area (Å²) < 4.78 is 47.6. The highest BCUT2D eigenvalue weighted by molar-refractivity contribution is 8.01. The Bertz CT molecular complexity index is 3050.